The van der Waals surface area contributed by atoms with Crippen LogP contribution >= 0.6 is 0 Å². The fraction of sp³-hybridized carbons (Fsp3) is 0.381. The second-order valence-electron chi connectivity index (χ2n) is 7.22. The lowest BCUT2D eigenvalue weighted by Crippen LogP contribution is -2.34. The lowest BCUT2D eigenvalue weighted by atomic mass is 10.1. The number of amides is 1. The number of benzene rings is 2. The molecule has 0 spiro atoms. The summed E-state index contributed by atoms with van der Waals surface area (Å²) in [5, 5.41) is 2.99. The summed E-state index contributed by atoms with van der Waals surface area (Å²) in [5.74, 6) is 0.735. The monoisotopic (exact) mass is 402 g/mol. The van der Waals surface area contributed by atoms with Crippen LogP contribution in [-0.4, -0.2) is 34.5 Å². The number of sulfonamides is 1. The van der Waals surface area contributed by atoms with Crippen LogP contribution in [0.15, 0.2) is 47.4 Å². The zero-order valence-electron chi connectivity index (χ0n) is 16.6. The number of anilines is 1. The highest BCUT2D eigenvalue weighted by molar-refractivity contribution is 7.92. The molecule has 0 aromatic heterocycles. The minimum absolute atomic E-state index is 0.0655. The fourth-order valence-electron chi connectivity index (χ4n) is 3.18. The molecule has 0 saturated heterocycles. The largest absolute Gasteiger partial charge is 0.495 e. The van der Waals surface area contributed by atoms with Crippen LogP contribution in [0.1, 0.15) is 35.7 Å². The molecule has 2 aromatic carbocycles. The van der Waals surface area contributed by atoms with Gasteiger partial charge in [-0.25, -0.2) is 8.42 Å². The van der Waals surface area contributed by atoms with Gasteiger partial charge in [0.05, 0.1) is 17.7 Å². The van der Waals surface area contributed by atoms with Crippen molar-refractivity contribution in [2.45, 2.75) is 37.6 Å². The van der Waals surface area contributed by atoms with Crippen molar-refractivity contribution in [3.05, 3.63) is 53.6 Å². The molecule has 1 fully saturated rings. The van der Waals surface area contributed by atoms with E-state index in [-0.39, 0.29) is 16.8 Å². The standard InChI is InChI=1S/C21H26N2O4S/c1-14-9-12-17(13-18(14)21(24)22-15(2)16-10-11-16)28(25,26)23(3)19-7-5-6-8-20(19)27-4/h5-9,12-13,15-16H,10-11H2,1-4H3,(H,22,24)/t15-/m1/s1. The molecule has 150 valence electrons. The fourth-order valence-corrected chi connectivity index (χ4v) is 4.42. The third-order valence-electron chi connectivity index (χ3n) is 5.22. The third-order valence-corrected chi connectivity index (χ3v) is 6.99. The van der Waals surface area contributed by atoms with E-state index in [1.54, 1.807) is 37.3 Å². The number of nitrogens with zero attached hydrogens (tertiary/aromatic N) is 1. The van der Waals surface area contributed by atoms with Crippen molar-refractivity contribution in [1.82, 2.24) is 5.32 Å². The number of carbonyl (C=O) groups is 1. The van der Waals surface area contributed by atoms with Crippen molar-refractivity contribution in [3.63, 3.8) is 0 Å². The Morgan fingerprint density at radius 1 is 1.21 bits per heavy atom. The van der Waals surface area contributed by atoms with E-state index in [9.17, 15) is 13.2 Å². The van der Waals surface area contributed by atoms with Crippen LogP contribution in [0.2, 0.25) is 0 Å². The molecular weight excluding hydrogens is 376 g/mol. The summed E-state index contributed by atoms with van der Waals surface area (Å²) in [7, 11) is -0.888. The molecule has 28 heavy (non-hydrogen) atoms. The Bertz CT molecular complexity index is 984. The molecule has 7 heteroatoms. The molecule has 3 rings (SSSR count). The summed E-state index contributed by atoms with van der Waals surface area (Å²) >= 11 is 0. The summed E-state index contributed by atoms with van der Waals surface area (Å²) in [6.07, 6.45) is 2.25. The maximum atomic E-state index is 13.2. The molecule has 0 unspecified atom stereocenters. The minimum Gasteiger partial charge on any atom is -0.495 e. The van der Waals surface area contributed by atoms with Crippen LogP contribution in [0.5, 0.6) is 5.75 Å². The molecule has 0 heterocycles. The summed E-state index contributed by atoms with van der Waals surface area (Å²) in [6, 6.07) is 11.6. The minimum atomic E-state index is -3.86. The van der Waals surface area contributed by atoms with Gasteiger partial charge in [0.1, 0.15) is 5.75 Å². The molecule has 1 saturated carbocycles. The topological polar surface area (TPSA) is 75.7 Å². The molecule has 0 radical (unpaired) electrons. The number of rotatable bonds is 7. The van der Waals surface area contributed by atoms with Crippen molar-refractivity contribution in [1.29, 1.82) is 0 Å². The van der Waals surface area contributed by atoms with E-state index in [0.29, 0.717) is 22.9 Å². The van der Waals surface area contributed by atoms with Gasteiger partial charge in [-0.2, -0.15) is 0 Å². The summed E-state index contributed by atoms with van der Waals surface area (Å²) in [4.78, 5) is 12.8. The van der Waals surface area contributed by atoms with E-state index < -0.39 is 10.0 Å². The van der Waals surface area contributed by atoms with Gasteiger partial charge in [-0.05, 0) is 62.4 Å². The molecule has 2 aromatic rings. The summed E-state index contributed by atoms with van der Waals surface area (Å²) < 4.78 is 32.8. The van der Waals surface area contributed by atoms with Crippen LogP contribution in [0.4, 0.5) is 5.69 Å². The van der Waals surface area contributed by atoms with Gasteiger partial charge < -0.3 is 10.1 Å². The highest BCUT2D eigenvalue weighted by Crippen LogP contribution is 2.33. The molecular formula is C21H26N2O4S. The van der Waals surface area contributed by atoms with Gasteiger partial charge in [0, 0.05) is 18.7 Å². The van der Waals surface area contributed by atoms with Gasteiger partial charge in [-0.1, -0.05) is 18.2 Å². The maximum absolute atomic E-state index is 13.2. The molecule has 1 aliphatic rings. The zero-order chi connectivity index (χ0) is 20.5. The Morgan fingerprint density at radius 2 is 1.89 bits per heavy atom. The number of carbonyl (C=O) groups excluding carboxylic acids is 1. The first kappa shape index (κ1) is 20.2. The number of aryl methyl sites for hydroxylation is 1. The quantitative estimate of drug-likeness (QED) is 0.771. The van der Waals surface area contributed by atoms with Gasteiger partial charge in [-0.15, -0.1) is 0 Å². The number of methoxy groups -OCH3 is 1. The van der Waals surface area contributed by atoms with E-state index in [0.717, 1.165) is 18.4 Å². The maximum Gasteiger partial charge on any atom is 0.264 e. The Morgan fingerprint density at radius 3 is 2.54 bits per heavy atom. The molecule has 1 atom stereocenters. The SMILES string of the molecule is COc1ccccc1N(C)S(=O)(=O)c1ccc(C)c(C(=O)N[C@H](C)C2CC2)c1. The van der Waals surface area contributed by atoms with Crippen LogP contribution in [0.25, 0.3) is 0 Å². The second-order valence-corrected chi connectivity index (χ2v) is 9.19. The predicted octanol–water partition coefficient (Wildman–Crippen LogP) is 3.36. The molecule has 1 aliphatic carbocycles. The Labute approximate surface area is 166 Å². The molecule has 6 nitrogen and oxygen atoms in total. The predicted molar refractivity (Wildman–Crippen MR) is 109 cm³/mol. The van der Waals surface area contributed by atoms with Crippen molar-refractivity contribution < 1.29 is 17.9 Å². The Hall–Kier alpha value is -2.54. The van der Waals surface area contributed by atoms with E-state index in [4.69, 9.17) is 4.74 Å². The summed E-state index contributed by atoms with van der Waals surface area (Å²) in [6.45, 7) is 3.79. The third kappa shape index (κ3) is 3.99. The smallest absolute Gasteiger partial charge is 0.264 e. The van der Waals surface area contributed by atoms with E-state index in [2.05, 4.69) is 5.32 Å². The second kappa shape index (κ2) is 7.83. The van der Waals surface area contributed by atoms with Crippen molar-refractivity contribution in [3.8, 4) is 5.75 Å². The van der Waals surface area contributed by atoms with Crippen molar-refractivity contribution in [2.75, 3.05) is 18.5 Å². The highest BCUT2D eigenvalue weighted by Gasteiger charge is 2.30. The lowest BCUT2D eigenvalue weighted by molar-refractivity contribution is 0.0935. The normalized spacial score (nSPS) is 15.0. The van der Waals surface area contributed by atoms with E-state index in [1.807, 2.05) is 6.92 Å². The number of hydrogen-bond acceptors (Lipinski definition) is 4. The molecule has 0 aliphatic heterocycles. The molecule has 1 N–H and O–H groups in total. The average molecular weight is 403 g/mol. The van der Waals surface area contributed by atoms with E-state index in [1.165, 1.54) is 30.6 Å². The van der Waals surface area contributed by atoms with Gasteiger partial charge in [0.15, 0.2) is 0 Å². The molecule has 0 bridgehead atoms. The van der Waals surface area contributed by atoms with E-state index >= 15 is 0 Å². The highest BCUT2D eigenvalue weighted by atomic mass is 32.2. The van der Waals surface area contributed by atoms with Crippen molar-refractivity contribution in [2.24, 2.45) is 5.92 Å². The first-order valence-electron chi connectivity index (χ1n) is 9.29. The lowest BCUT2D eigenvalue weighted by Gasteiger charge is -2.22. The van der Waals surface area contributed by atoms with Gasteiger partial charge in [0.2, 0.25) is 0 Å². The Kier molecular flexibility index (Phi) is 5.65. The van der Waals surface area contributed by atoms with Gasteiger partial charge >= 0.3 is 0 Å². The number of para-hydroxylation sites is 2. The number of hydrogen-bond donors (Lipinski definition) is 1. The summed E-state index contributed by atoms with van der Waals surface area (Å²) in [5.41, 5.74) is 1.54. The number of nitrogens with one attached hydrogen (secondary N) is 1. The van der Waals surface area contributed by atoms with Crippen LogP contribution in [0, 0.1) is 12.8 Å². The van der Waals surface area contributed by atoms with Crippen LogP contribution in [-0.2, 0) is 10.0 Å². The first-order chi connectivity index (χ1) is 13.3. The number of ether oxygens (including phenoxy) is 1. The van der Waals surface area contributed by atoms with Crippen LogP contribution in [0.3, 0.4) is 0 Å². The Balaban J connectivity index is 1.92. The van der Waals surface area contributed by atoms with Gasteiger partial charge in [0.25, 0.3) is 15.9 Å². The average Bonchev–Trinajstić information content (AvgIpc) is 3.52. The van der Waals surface area contributed by atoms with Crippen molar-refractivity contribution >= 4 is 21.6 Å². The molecule has 1 amide bonds. The van der Waals surface area contributed by atoms with Crippen LogP contribution < -0.4 is 14.4 Å². The van der Waals surface area contributed by atoms with Gasteiger partial charge in [-0.3, -0.25) is 9.10 Å². The first-order valence-corrected chi connectivity index (χ1v) is 10.7. The zero-order valence-corrected chi connectivity index (χ0v) is 17.4.